The molecule has 0 unspecified atom stereocenters. The summed E-state index contributed by atoms with van der Waals surface area (Å²) in [5.74, 6) is 0. The fourth-order valence-corrected chi connectivity index (χ4v) is 5.29. The van der Waals surface area contributed by atoms with Crippen LogP contribution in [-0.4, -0.2) is 32.4 Å². The molecule has 1 N–H and O–H groups in total. The van der Waals surface area contributed by atoms with Crippen LogP contribution in [0, 0.1) is 0 Å². The van der Waals surface area contributed by atoms with Crippen molar-refractivity contribution >= 4 is 11.7 Å². The Morgan fingerprint density at radius 3 is 2.09 bits per heavy atom. The molecular weight excluding hydrogens is 392 g/mol. The lowest BCUT2D eigenvalue weighted by molar-refractivity contribution is -0.445. The van der Waals surface area contributed by atoms with Gasteiger partial charge in [0.15, 0.2) is 7.05 Å². The lowest BCUT2D eigenvalue weighted by atomic mass is 9.70. The summed E-state index contributed by atoms with van der Waals surface area (Å²) in [6.07, 6.45) is 1.84. The second kappa shape index (κ2) is 6.74. The SMILES string of the molecule is CC1=C(C)[N+](c2cccc(C3(c4ccn[nH]4)c4ccccc4-c4ccccc43)c2)=C=[N+]1C. The van der Waals surface area contributed by atoms with E-state index in [-0.39, 0.29) is 0 Å². The van der Waals surface area contributed by atoms with Gasteiger partial charge in [-0.1, -0.05) is 69.8 Å². The fourth-order valence-electron chi connectivity index (χ4n) is 5.29. The second-order valence-electron chi connectivity index (χ2n) is 8.53. The number of H-pyrrole nitrogens is 1. The molecule has 4 nitrogen and oxygen atoms in total. The number of hydrogen-bond acceptors (Lipinski definition) is 1. The number of rotatable bonds is 3. The van der Waals surface area contributed by atoms with Gasteiger partial charge in [0, 0.05) is 32.2 Å². The highest BCUT2D eigenvalue weighted by Gasteiger charge is 2.47. The zero-order valence-electron chi connectivity index (χ0n) is 18.4. The van der Waals surface area contributed by atoms with E-state index in [1.54, 1.807) is 0 Å². The van der Waals surface area contributed by atoms with Crippen LogP contribution >= 0.6 is 0 Å². The molecular formula is C28H24N4+2. The van der Waals surface area contributed by atoms with E-state index in [4.69, 9.17) is 0 Å². The number of hydrogen-bond donors (Lipinski definition) is 1. The zero-order valence-corrected chi connectivity index (χ0v) is 18.4. The van der Waals surface area contributed by atoms with E-state index >= 15 is 0 Å². The van der Waals surface area contributed by atoms with Gasteiger partial charge in [0.1, 0.15) is 0 Å². The van der Waals surface area contributed by atoms with Crippen LogP contribution in [0.1, 0.15) is 36.2 Å². The molecule has 0 amide bonds. The van der Waals surface area contributed by atoms with Crippen molar-refractivity contribution in [3.05, 3.63) is 119 Å². The molecule has 1 aliphatic heterocycles. The quantitative estimate of drug-likeness (QED) is 0.387. The molecule has 0 bridgehead atoms. The minimum atomic E-state index is -0.460. The van der Waals surface area contributed by atoms with E-state index in [2.05, 4.69) is 113 Å². The van der Waals surface area contributed by atoms with Gasteiger partial charge in [-0.15, -0.1) is 0 Å². The molecule has 6 rings (SSSR count). The van der Waals surface area contributed by atoms with Gasteiger partial charge >= 0.3 is 6.01 Å². The Balaban J connectivity index is 1.69. The molecule has 3 aromatic carbocycles. The van der Waals surface area contributed by atoms with E-state index in [9.17, 15) is 0 Å². The third-order valence-corrected chi connectivity index (χ3v) is 7.01. The summed E-state index contributed by atoms with van der Waals surface area (Å²) in [6, 6.07) is 31.8. The predicted octanol–water partition coefficient (Wildman–Crippen LogP) is 5.50. The van der Waals surface area contributed by atoms with Crippen LogP contribution in [0.3, 0.4) is 0 Å². The van der Waals surface area contributed by atoms with Crippen molar-refractivity contribution in [3.63, 3.8) is 0 Å². The zero-order chi connectivity index (χ0) is 21.9. The molecule has 0 radical (unpaired) electrons. The Morgan fingerprint density at radius 1 is 0.812 bits per heavy atom. The molecule has 2 heterocycles. The third kappa shape index (κ3) is 2.36. The summed E-state index contributed by atoms with van der Waals surface area (Å²) in [7, 11) is 2.04. The Labute approximate surface area is 187 Å². The van der Waals surface area contributed by atoms with Gasteiger partial charge in [-0.2, -0.15) is 5.10 Å². The molecule has 4 heteroatoms. The van der Waals surface area contributed by atoms with Crippen molar-refractivity contribution in [2.24, 2.45) is 0 Å². The summed E-state index contributed by atoms with van der Waals surface area (Å²) in [4.78, 5) is 0. The number of nitrogens with zero attached hydrogens (tertiary/aromatic N) is 3. The van der Waals surface area contributed by atoms with Gasteiger partial charge < -0.3 is 0 Å². The smallest absolute Gasteiger partial charge is 0.281 e. The van der Waals surface area contributed by atoms with Crippen LogP contribution in [0.15, 0.2) is 96.5 Å². The minimum absolute atomic E-state index is 0.460. The molecule has 1 aliphatic carbocycles. The highest BCUT2D eigenvalue weighted by molar-refractivity contribution is 5.85. The van der Waals surface area contributed by atoms with Crippen LogP contribution < -0.4 is 0 Å². The molecule has 0 saturated carbocycles. The number of aromatic nitrogens is 2. The highest BCUT2D eigenvalue weighted by Crippen LogP contribution is 2.55. The number of aromatic amines is 1. The van der Waals surface area contributed by atoms with Gasteiger partial charge in [0.25, 0.3) is 11.4 Å². The van der Waals surface area contributed by atoms with E-state index in [1.165, 1.54) is 39.2 Å². The largest absolute Gasteiger partial charge is 0.495 e. The molecule has 154 valence electrons. The number of benzene rings is 3. The second-order valence-corrected chi connectivity index (χ2v) is 8.53. The standard InChI is InChI=1S/C28H24N4/c1-19-20(2)32(18-31(19)3)22-10-8-9-21(17-22)28(27-15-16-29-30-27)25-13-6-4-11-23(25)24-12-5-7-14-26(24)28/h4-17H,1-3H3,(H,29,30)/q+2. The first-order valence-electron chi connectivity index (χ1n) is 10.9. The lowest BCUT2D eigenvalue weighted by Crippen LogP contribution is -2.29. The van der Waals surface area contributed by atoms with Crippen LogP contribution in [0.5, 0.6) is 0 Å². The Hall–Kier alpha value is -4.01. The van der Waals surface area contributed by atoms with Crippen molar-refractivity contribution in [1.82, 2.24) is 10.2 Å². The molecule has 0 atom stereocenters. The van der Waals surface area contributed by atoms with Crippen LogP contribution in [0.2, 0.25) is 0 Å². The molecule has 0 saturated heterocycles. The van der Waals surface area contributed by atoms with Crippen molar-refractivity contribution in [3.8, 4) is 11.1 Å². The summed E-state index contributed by atoms with van der Waals surface area (Å²) in [5, 5.41) is 7.67. The maximum atomic E-state index is 4.35. The number of allylic oxidation sites excluding steroid dienone is 2. The van der Waals surface area contributed by atoms with Gasteiger partial charge in [0.2, 0.25) is 5.69 Å². The molecule has 4 aromatic rings. The fraction of sp³-hybridized carbons (Fsp3) is 0.143. The third-order valence-electron chi connectivity index (χ3n) is 7.01. The summed E-state index contributed by atoms with van der Waals surface area (Å²) in [6.45, 7) is 4.27. The Kier molecular flexibility index (Phi) is 3.95. The van der Waals surface area contributed by atoms with Gasteiger partial charge in [0.05, 0.1) is 11.1 Å². The van der Waals surface area contributed by atoms with Gasteiger partial charge in [-0.3, -0.25) is 5.10 Å². The molecule has 2 aliphatic rings. The van der Waals surface area contributed by atoms with E-state index < -0.39 is 5.41 Å². The summed E-state index contributed by atoms with van der Waals surface area (Å²) in [5.41, 5.74) is 10.4. The van der Waals surface area contributed by atoms with Crippen LogP contribution in [0.25, 0.3) is 11.1 Å². The summed E-state index contributed by atoms with van der Waals surface area (Å²) >= 11 is 0. The first kappa shape index (κ1) is 18.7. The topological polar surface area (TPSA) is 34.7 Å². The predicted molar refractivity (Wildman–Crippen MR) is 125 cm³/mol. The average molecular weight is 417 g/mol. The van der Waals surface area contributed by atoms with Crippen molar-refractivity contribution in [2.75, 3.05) is 7.05 Å². The molecule has 1 aromatic heterocycles. The van der Waals surface area contributed by atoms with Gasteiger partial charge in [-0.25, -0.2) is 0 Å². The maximum absolute atomic E-state index is 4.35. The molecule has 32 heavy (non-hydrogen) atoms. The first-order valence-corrected chi connectivity index (χ1v) is 10.9. The lowest BCUT2D eigenvalue weighted by Gasteiger charge is -2.31. The first-order chi connectivity index (χ1) is 15.6. The molecule has 0 fully saturated rings. The van der Waals surface area contributed by atoms with E-state index in [0.717, 1.165) is 11.4 Å². The van der Waals surface area contributed by atoms with Crippen molar-refractivity contribution in [1.29, 1.82) is 0 Å². The van der Waals surface area contributed by atoms with Crippen molar-refractivity contribution < 1.29 is 9.15 Å². The average Bonchev–Trinajstić information content (AvgIpc) is 3.53. The Morgan fingerprint density at radius 2 is 1.50 bits per heavy atom. The minimum Gasteiger partial charge on any atom is -0.281 e. The van der Waals surface area contributed by atoms with Crippen LogP contribution in [0.4, 0.5) is 5.69 Å². The van der Waals surface area contributed by atoms with Crippen molar-refractivity contribution in [2.45, 2.75) is 19.3 Å². The van der Waals surface area contributed by atoms with E-state index in [1.807, 2.05) is 17.8 Å². The Bertz CT molecular complexity index is 1440. The molecule has 0 spiro atoms. The maximum Gasteiger partial charge on any atom is 0.495 e. The van der Waals surface area contributed by atoms with Gasteiger partial charge in [-0.05, 0) is 33.9 Å². The normalized spacial score (nSPS) is 16.0. The monoisotopic (exact) mass is 416 g/mol. The number of nitrogens with one attached hydrogen (secondary N) is 1. The van der Waals surface area contributed by atoms with E-state index in [0.29, 0.717) is 0 Å². The van der Waals surface area contributed by atoms with Crippen LogP contribution in [-0.2, 0) is 5.41 Å². The highest BCUT2D eigenvalue weighted by atomic mass is 15.2. The summed E-state index contributed by atoms with van der Waals surface area (Å²) < 4.78 is 4.19. The number of fused-ring (bicyclic) bond motifs is 3.